The quantitative estimate of drug-likeness (QED) is 0.813. The highest BCUT2D eigenvalue weighted by molar-refractivity contribution is 6.30. The highest BCUT2D eigenvalue weighted by Crippen LogP contribution is 2.22. The third kappa shape index (κ3) is 2.17. The monoisotopic (exact) mass is 229 g/mol. The number of hydrogen-bond acceptors (Lipinski definition) is 3. The van der Waals surface area contributed by atoms with Gasteiger partial charge >= 0.3 is 0 Å². The van der Waals surface area contributed by atoms with Crippen LogP contribution in [-0.2, 0) is 13.6 Å². The molecule has 1 fully saturated rings. The molecule has 0 atom stereocenters. The number of aryl methyl sites for hydroxylation is 2. The van der Waals surface area contributed by atoms with E-state index in [0.717, 1.165) is 30.6 Å². The summed E-state index contributed by atoms with van der Waals surface area (Å²) in [6.45, 7) is 2.69. The molecule has 0 aliphatic heterocycles. The summed E-state index contributed by atoms with van der Waals surface area (Å²) in [6.07, 6.45) is 1.57. The standard InChI is InChI=1S/C10H16ClN3O/c1-6-9(10(11)14(2)13-6)5-12-7-3-8(15)4-7/h7-8,12,15H,3-5H2,1-2H3. The molecule has 0 unspecified atom stereocenters. The first-order valence-electron chi connectivity index (χ1n) is 5.17. The second kappa shape index (κ2) is 4.12. The van der Waals surface area contributed by atoms with Crippen molar-refractivity contribution in [2.45, 2.75) is 38.5 Å². The van der Waals surface area contributed by atoms with Gasteiger partial charge in [-0.2, -0.15) is 5.10 Å². The Kier molecular flexibility index (Phi) is 3.00. The van der Waals surface area contributed by atoms with Gasteiger partial charge in [0.25, 0.3) is 0 Å². The molecule has 1 aromatic heterocycles. The highest BCUT2D eigenvalue weighted by Gasteiger charge is 2.26. The molecule has 1 aliphatic rings. The van der Waals surface area contributed by atoms with Crippen LogP contribution in [0.1, 0.15) is 24.1 Å². The second-order valence-electron chi connectivity index (χ2n) is 4.18. The molecule has 1 heterocycles. The molecule has 0 bridgehead atoms. The summed E-state index contributed by atoms with van der Waals surface area (Å²) in [4.78, 5) is 0. The Morgan fingerprint density at radius 2 is 2.27 bits per heavy atom. The Morgan fingerprint density at radius 3 is 2.73 bits per heavy atom. The molecule has 84 valence electrons. The lowest BCUT2D eigenvalue weighted by Crippen LogP contribution is -2.43. The predicted octanol–water partition coefficient (Wildman–Crippen LogP) is 0.995. The van der Waals surface area contributed by atoms with Crippen molar-refractivity contribution in [2.24, 2.45) is 7.05 Å². The van der Waals surface area contributed by atoms with Gasteiger partial charge in [0.1, 0.15) is 5.15 Å². The second-order valence-corrected chi connectivity index (χ2v) is 4.54. The summed E-state index contributed by atoms with van der Waals surface area (Å²) in [6, 6.07) is 0.427. The smallest absolute Gasteiger partial charge is 0.131 e. The molecule has 2 rings (SSSR count). The third-order valence-corrected chi connectivity index (χ3v) is 3.42. The number of aromatic nitrogens is 2. The lowest BCUT2D eigenvalue weighted by atomic mass is 9.89. The maximum Gasteiger partial charge on any atom is 0.131 e. The first kappa shape index (κ1) is 10.9. The van der Waals surface area contributed by atoms with Crippen LogP contribution in [0.25, 0.3) is 0 Å². The van der Waals surface area contributed by atoms with Crippen molar-refractivity contribution in [3.05, 3.63) is 16.4 Å². The Hall–Kier alpha value is -0.580. The first-order valence-corrected chi connectivity index (χ1v) is 5.55. The minimum atomic E-state index is -0.118. The van der Waals surface area contributed by atoms with Gasteiger partial charge in [0, 0.05) is 25.2 Å². The fraction of sp³-hybridized carbons (Fsp3) is 0.700. The average Bonchev–Trinajstić information content (AvgIpc) is 2.36. The summed E-state index contributed by atoms with van der Waals surface area (Å²) in [7, 11) is 1.84. The van der Waals surface area contributed by atoms with Crippen molar-refractivity contribution in [2.75, 3.05) is 0 Å². The van der Waals surface area contributed by atoms with Crippen LogP contribution in [0.3, 0.4) is 0 Å². The van der Waals surface area contributed by atoms with E-state index in [1.165, 1.54) is 0 Å². The number of halogens is 1. The van der Waals surface area contributed by atoms with E-state index in [2.05, 4.69) is 10.4 Å². The molecule has 5 heteroatoms. The normalized spacial score (nSPS) is 25.3. The van der Waals surface area contributed by atoms with Crippen molar-refractivity contribution in [3.63, 3.8) is 0 Å². The summed E-state index contributed by atoms with van der Waals surface area (Å²) in [5.41, 5.74) is 2.02. The number of rotatable bonds is 3. The molecule has 4 nitrogen and oxygen atoms in total. The first-order chi connectivity index (χ1) is 7.08. The number of aliphatic hydroxyl groups is 1. The predicted molar refractivity (Wildman–Crippen MR) is 58.8 cm³/mol. The maximum absolute atomic E-state index is 9.15. The molecule has 0 saturated heterocycles. The van der Waals surface area contributed by atoms with Crippen molar-refractivity contribution in [1.82, 2.24) is 15.1 Å². The minimum absolute atomic E-state index is 0.118. The number of nitrogens with zero attached hydrogens (tertiary/aromatic N) is 2. The zero-order valence-electron chi connectivity index (χ0n) is 9.00. The molecule has 15 heavy (non-hydrogen) atoms. The van der Waals surface area contributed by atoms with Crippen LogP contribution in [0.2, 0.25) is 5.15 Å². The van der Waals surface area contributed by atoms with E-state index in [0.29, 0.717) is 11.2 Å². The van der Waals surface area contributed by atoms with E-state index in [4.69, 9.17) is 16.7 Å². The van der Waals surface area contributed by atoms with Crippen LogP contribution in [0.15, 0.2) is 0 Å². The highest BCUT2D eigenvalue weighted by atomic mass is 35.5. The van der Waals surface area contributed by atoms with Crippen LogP contribution in [-0.4, -0.2) is 27.0 Å². The van der Waals surface area contributed by atoms with Gasteiger partial charge in [0.15, 0.2) is 0 Å². The number of hydrogen-bond donors (Lipinski definition) is 2. The van der Waals surface area contributed by atoms with Crippen LogP contribution in [0.5, 0.6) is 0 Å². The fourth-order valence-electron chi connectivity index (χ4n) is 1.88. The largest absolute Gasteiger partial charge is 0.393 e. The van der Waals surface area contributed by atoms with E-state index >= 15 is 0 Å². The van der Waals surface area contributed by atoms with Crippen molar-refractivity contribution >= 4 is 11.6 Å². The third-order valence-electron chi connectivity index (χ3n) is 2.95. The molecule has 1 saturated carbocycles. The van der Waals surface area contributed by atoms with Gasteiger partial charge in [-0.05, 0) is 19.8 Å². The maximum atomic E-state index is 9.15. The molecular weight excluding hydrogens is 214 g/mol. The summed E-state index contributed by atoms with van der Waals surface area (Å²) < 4.78 is 1.68. The van der Waals surface area contributed by atoms with Crippen LogP contribution in [0, 0.1) is 6.92 Å². The van der Waals surface area contributed by atoms with E-state index in [9.17, 15) is 0 Å². The lowest BCUT2D eigenvalue weighted by molar-refractivity contribution is 0.0619. The molecule has 0 radical (unpaired) electrons. The lowest BCUT2D eigenvalue weighted by Gasteiger charge is -2.32. The van der Waals surface area contributed by atoms with Crippen LogP contribution >= 0.6 is 11.6 Å². The van der Waals surface area contributed by atoms with E-state index in [1.54, 1.807) is 4.68 Å². The minimum Gasteiger partial charge on any atom is -0.393 e. The van der Waals surface area contributed by atoms with Gasteiger partial charge in [-0.1, -0.05) is 11.6 Å². The molecular formula is C10H16ClN3O. The van der Waals surface area contributed by atoms with E-state index in [1.807, 2.05) is 14.0 Å². The van der Waals surface area contributed by atoms with Gasteiger partial charge in [-0.15, -0.1) is 0 Å². The zero-order chi connectivity index (χ0) is 11.0. The summed E-state index contributed by atoms with van der Waals surface area (Å²) in [5, 5.41) is 17.4. The number of aliphatic hydroxyl groups excluding tert-OH is 1. The van der Waals surface area contributed by atoms with Crippen LogP contribution in [0.4, 0.5) is 0 Å². The SMILES string of the molecule is Cc1nn(C)c(Cl)c1CNC1CC(O)C1. The molecule has 0 aromatic carbocycles. The molecule has 0 amide bonds. The summed E-state index contributed by atoms with van der Waals surface area (Å²) in [5.74, 6) is 0. The van der Waals surface area contributed by atoms with Gasteiger partial charge in [0.2, 0.25) is 0 Å². The molecule has 2 N–H and O–H groups in total. The van der Waals surface area contributed by atoms with Gasteiger partial charge < -0.3 is 10.4 Å². The Labute approximate surface area is 94.2 Å². The molecule has 0 spiro atoms. The Balaban J connectivity index is 1.93. The van der Waals surface area contributed by atoms with Crippen molar-refractivity contribution in [1.29, 1.82) is 0 Å². The molecule has 1 aromatic rings. The Morgan fingerprint density at radius 1 is 1.60 bits per heavy atom. The van der Waals surface area contributed by atoms with Gasteiger partial charge in [-0.3, -0.25) is 4.68 Å². The summed E-state index contributed by atoms with van der Waals surface area (Å²) >= 11 is 6.10. The van der Waals surface area contributed by atoms with E-state index < -0.39 is 0 Å². The zero-order valence-corrected chi connectivity index (χ0v) is 9.75. The van der Waals surface area contributed by atoms with Crippen molar-refractivity contribution < 1.29 is 5.11 Å². The van der Waals surface area contributed by atoms with Crippen molar-refractivity contribution in [3.8, 4) is 0 Å². The van der Waals surface area contributed by atoms with Gasteiger partial charge in [-0.25, -0.2) is 0 Å². The Bertz CT molecular complexity index is 358. The van der Waals surface area contributed by atoms with Gasteiger partial charge in [0.05, 0.1) is 11.8 Å². The van der Waals surface area contributed by atoms with E-state index in [-0.39, 0.29) is 6.10 Å². The van der Waals surface area contributed by atoms with Crippen LogP contribution < -0.4 is 5.32 Å². The molecule has 1 aliphatic carbocycles. The fourth-order valence-corrected chi connectivity index (χ4v) is 2.12. The number of nitrogens with one attached hydrogen (secondary N) is 1. The average molecular weight is 230 g/mol. The topological polar surface area (TPSA) is 50.1 Å².